The Morgan fingerprint density at radius 3 is 2.52 bits per heavy atom. The Morgan fingerprint density at radius 1 is 1.26 bits per heavy atom. The van der Waals surface area contributed by atoms with Crippen molar-refractivity contribution in [3.63, 3.8) is 0 Å². The molecule has 1 saturated carbocycles. The summed E-state index contributed by atoms with van der Waals surface area (Å²) in [5, 5.41) is 0. The second-order valence-corrected chi connectivity index (χ2v) is 8.41. The average Bonchev–Trinajstić information content (AvgIpc) is 2.67. The van der Waals surface area contributed by atoms with Crippen LogP contribution in [0.2, 0.25) is 0 Å². The van der Waals surface area contributed by atoms with Gasteiger partial charge in [0.05, 0.1) is 0 Å². The number of rotatable bonds is 6. The first kappa shape index (κ1) is 19.8. The number of halogens is 1. The molecule has 1 heterocycles. The van der Waals surface area contributed by atoms with Crippen LogP contribution in [0.25, 0.3) is 0 Å². The average molecular weight is 375 g/mol. The molecule has 2 atom stereocenters. The zero-order valence-electron chi connectivity index (χ0n) is 16.3. The topological polar surface area (TPSA) is 63.4 Å². The first-order chi connectivity index (χ1) is 12.9. The molecule has 2 amide bonds. The molecule has 0 aromatic heterocycles. The standard InChI is InChI=1S/C22H31FN2O2/c1-16(17-5-3-2-4-6-17)25-14-13-22(15-21(25)27,12-11-20(24)26)18-7-9-19(23)10-8-18/h7-10,16-17H,2-6,11-15H2,1H3,(H2,24,26)/t16-,22?/m0/s1. The Balaban J connectivity index is 1.77. The fourth-order valence-corrected chi connectivity index (χ4v) is 5.01. The molecule has 2 N–H and O–H groups in total. The van der Waals surface area contributed by atoms with Crippen LogP contribution in [0, 0.1) is 11.7 Å². The molecule has 1 aliphatic heterocycles. The largest absolute Gasteiger partial charge is 0.370 e. The van der Waals surface area contributed by atoms with Crippen LogP contribution < -0.4 is 5.73 Å². The van der Waals surface area contributed by atoms with Crippen molar-refractivity contribution >= 4 is 11.8 Å². The number of amides is 2. The first-order valence-corrected chi connectivity index (χ1v) is 10.3. The summed E-state index contributed by atoms with van der Waals surface area (Å²) >= 11 is 0. The number of carbonyl (C=O) groups excluding carboxylic acids is 2. The maximum Gasteiger partial charge on any atom is 0.223 e. The van der Waals surface area contributed by atoms with Crippen molar-refractivity contribution in [2.24, 2.45) is 11.7 Å². The Morgan fingerprint density at radius 2 is 1.93 bits per heavy atom. The second kappa shape index (κ2) is 8.41. The summed E-state index contributed by atoms with van der Waals surface area (Å²) in [6.07, 6.45) is 8.15. The molecule has 4 nitrogen and oxygen atoms in total. The van der Waals surface area contributed by atoms with Gasteiger partial charge >= 0.3 is 0 Å². The summed E-state index contributed by atoms with van der Waals surface area (Å²) in [6, 6.07) is 6.64. The van der Waals surface area contributed by atoms with Crippen molar-refractivity contribution in [1.29, 1.82) is 0 Å². The van der Waals surface area contributed by atoms with Gasteiger partial charge in [0.1, 0.15) is 5.82 Å². The molecule has 5 heteroatoms. The molecule has 148 valence electrons. The maximum atomic E-state index is 13.4. The first-order valence-electron chi connectivity index (χ1n) is 10.3. The SMILES string of the molecule is C[C@@H](C1CCCCC1)N1CCC(CCC(N)=O)(c2ccc(F)cc2)CC1=O. The third-order valence-electron chi connectivity index (χ3n) is 6.77. The van der Waals surface area contributed by atoms with Crippen LogP contribution in [-0.4, -0.2) is 29.3 Å². The van der Waals surface area contributed by atoms with Gasteiger partial charge in [-0.2, -0.15) is 0 Å². The van der Waals surface area contributed by atoms with Crippen LogP contribution in [-0.2, 0) is 15.0 Å². The fourth-order valence-electron chi connectivity index (χ4n) is 5.01. The van der Waals surface area contributed by atoms with Crippen molar-refractivity contribution in [3.05, 3.63) is 35.6 Å². The lowest BCUT2D eigenvalue weighted by Gasteiger charge is -2.46. The molecule has 1 aromatic rings. The summed E-state index contributed by atoms with van der Waals surface area (Å²) < 4.78 is 13.4. The number of benzene rings is 1. The monoisotopic (exact) mass is 374 g/mol. The van der Waals surface area contributed by atoms with E-state index in [2.05, 4.69) is 6.92 Å². The lowest BCUT2D eigenvalue weighted by molar-refractivity contribution is -0.140. The van der Waals surface area contributed by atoms with E-state index < -0.39 is 5.41 Å². The summed E-state index contributed by atoms with van der Waals surface area (Å²) in [5.41, 5.74) is 5.89. The lowest BCUT2D eigenvalue weighted by Crippen LogP contribution is -2.52. The van der Waals surface area contributed by atoms with E-state index in [1.807, 2.05) is 4.90 Å². The van der Waals surface area contributed by atoms with Crippen molar-refractivity contribution in [1.82, 2.24) is 4.90 Å². The van der Waals surface area contributed by atoms with E-state index in [1.165, 1.54) is 44.2 Å². The van der Waals surface area contributed by atoms with Crippen molar-refractivity contribution < 1.29 is 14.0 Å². The highest BCUT2D eigenvalue weighted by atomic mass is 19.1. The minimum Gasteiger partial charge on any atom is -0.370 e. The summed E-state index contributed by atoms with van der Waals surface area (Å²) in [7, 11) is 0. The van der Waals surface area contributed by atoms with Gasteiger partial charge in [-0.25, -0.2) is 4.39 Å². The van der Waals surface area contributed by atoms with E-state index in [9.17, 15) is 14.0 Å². The molecule has 0 spiro atoms. The van der Waals surface area contributed by atoms with Gasteiger partial charge in [0.25, 0.3) is 0 Å². The Hall–Kier alpha value is -1.91. The van der Waals surface area contributed by atoms with Crippen LogP contribution in [0.3, 0.4) is 0 Å². The van der Waals surface area contributed by atoms with Crippen LogP contribution in [0.15, 0.2) is 24.3 Å². The van der Waals surface area contributed by atoms with E-state index in [-0.39, 0.29) is 30.1 Å². The molecule has 3 rings (SSSR count). The number of nitrogens with two attached hydrogens (primary N) is 1. The lowest BCUT2D eigenvalue weighted by atomic mass is 9.69. The van der Waals surface area contributed by atoms with Gasteiger partial charge in [0.15, 0.2) is 0 Å². The number of likely N-dealkylation sites (tertiary alicyclic amines) is 1. The summed E-state index contributed by atoms with van der Waals surface area (Å²) in [5.74, 6) is 0.0835. The highest BCUT2D eigenvalue weighted by Gasteiger charge is 2.42. The van der Waals surface area contributed by atoms with E-state index in [0.717, 1.165) is 12.0 Å². The number of piperidine rings is 1. The van der Waals surface area contributed by atoms with E-state index in [0.29, 0.717) is 25.3 Å². The molecule has 1 saturated heterocycles. The van der Waals surface area contributed by atoms with Gasteiger partial charge in [-0.1, -0.05) is 31.4 Å². The van der Waals surface area contributed by atoms with Gasteiger partial charge in [-0.15, -0.1) is 0 Å². The minimum absolute atomic E-state index is 0.146. The highest BCUT2D eigenvalue weighted by Crippen LogP contribution is 2.42. The normalized spacial score (nSPS) is 25.4. The summed E-state index contributed by atoms with van der Waals surface area (Å²) in [4.78, 5) is 26.6. The van der Waals surface area contributed by atoms with Crippen molar-refractivity contribution in [2.75, 3.05) is 6.54 Å². The third kappa shape index (κ3) is 4.50. The zero-order valence-corrected chi connectivity index (χ0v) is 16.3. The van der Waals surface area contributed by atoms with Crippen LogP contribution in [0.4, 0.5) is 4.39 Å². The molecule has 27 heavy (non-hydrogen) atoms. The molecule has 1 aromatic carbocycles. The quantitative estimate of drug-likeness (QED) is 0.820. The minimum atomic E-state index is -0.428. The van der Waals surface area contributed by atoms with Crippen LogP contribution in [0.5, 0.6) is 0 Å². The van der Waals surface area contributed by atoms with Crippen molar-refractivity contribution in [3.8, 4) is 0 Å². The van der Waals surface area contributed by atoms with Crippen LogP contribution >= 0.6 is 0 Å². The van der Waals surface area contributed by atoms with Gasteiger partial charge in [0, 0.05) is 30.8 Å². The smallest absolute Gasteiger partial charge is 0.223 e. The molecule has 0 bridgehead atoms. The Labute approximate surface area is 161 Å². The predicted molar refractivity (Wildman–Crippen MR) is 103 cm³/mol. The number of hydrogen-bond donors (Lipinski definition) is 1. The Kier molecular flexibility index (Phi) is 6.18. The van der Waals surface area contributed by atoms with Gasteiger partial charge in [0.2, 0.25) is 11.8 Å². The Bertz CT molecular complexity index is 669. The third-order valence-corrected chi connectivity index (χ3v) is 6.77. The van der Waals surface area contributed by atoms with E-state index in [1.54, 1.807) is 12.1 Å². The van der Waals surface area contributed by atoms with Gasteiger partial charge < -0.3 is 10.6 Å². The molecular weight excluding hydrogens is 343 g/mol. The second-order valence-electron chi connectivity index (χ2n) is 8.41. The summed E-state index contributed by atoms with van der Waals surface area (Å²) in [6.45, 7) is 2.87. The molecule has 1 aliphatic carbocycles. The fraction of sp³-hybridized carbons (Fsp3) is 0.636. The van der Waals surface area contributed by atoms with Gasteiger partial charge in [-0.05, 0) is 56.2 Å². The number of nitrogens with zero attached hydrogens (tertiary/aromatic N) is 1. The molecule has 0 radical (unpaired) electrons. The van der Waals surface area contributed by atoms with Gasteiger partial charge in [-0.3, -0.25) is 9.59 Å². The number of hydrogen-bond acceptors (Lipinski definition) is 2. The van der Waals surface area contributed by atoms with E-state index in [4.69, 9.17) is 5.73 Å². The van der Waals surface area contributed by atoms with Crippen molar-refractivity contribution in [2.45, 2.75) is 76.2 Å². The molecule has 2 fully saturated rings. The van der Waals surface area contributed by atoms with Crippen LogP contribution in [0.1, 0.15) is 70.3 Å². The molecular formula is C22H31FN2O2. The number of primary amides is 1. The molecule has 2 aliphatic rings. The maximum absolute atomic E-state index is 13.4. The highest BCUT2D eigenvalue weighted by molar-refractivity contribution is 5.80. The predicted octanol–water partition coefficient (Wildman–Crippen LogP) is 3.92. The number of carbonyl (C=O) groups is 2. The molecule has 1 unspecified atom stereocenters. The zero-order chi connectivity index (χ0) is 19.4. The van der Waals surface area contributed by atoms with E-state index >= 15 is 0 Å².